The molecule has 0 unspecified atom stereocenters. The summed E-state index contributed by atoms with van der Waals surface area (Å²) in [5.41, 5.74) is 0.200. The molecule has 2 N–H and O–H groups in total. The molecule has 28 heavy (non-hydrogen) atoms. The Kier molecular flexibility index (Phi) is 5.90. The molecule has 0 amide bonds. The van der Waals surface area contributed by atoms with Gasteiger partial charge >= 0.3 is 6.18 Å². The largest absolute Gasteiger partial charge is 0.507 e. The van der Waals surface area contributed by atoms with E-state index in [1.807, 2.05) is 19.1 Å². The van der Waals surface area contributed by atoms with E-state index >= 15 is 0 Å². The molecule has 0 fully saturated rings. The standard InChI is InChI=1S/C19H14ClF3N2O2S/c1-11-6-12(20)8-14(7-11)27-18-5-3-15(10-24-18)28-25-13-2-4-16(17(26)9-13)19(21,22)23/h2-10,25-26H,1H3. The lowest BCUT2D eigenvalue weighted by molar-refractivity contribution is -0.138. The van der Waals surface area contributed by atoms with Gasteiger partial charge in [-0.15, -0.1) is 0 Å². The Hall–Kier alpha value is -2.58. The van der Waals surface area contributed by atoms with E-state index in [1.54, 1.807) is 24.4 Å². The van der Waals surface area contributed by atoms with Crippen molar-refractivity contribution >= 4 is 29.2 Å². The molecule has 0 aliphatic rings. The number of benzene rings is 2. The third-order valence-electron chi connectivity index (χ3n) is 3.54. The fourth-order valence-corrected chi connectivity index (χ4v) is 3.21. The Morgan fingerprint density at radius 2 is 1.89 bits per heavy atom. The number of ether oxygens (including phenoxy) is 1. The Morgan fingerprint density at radius 1 is 1.11 bits per heavy atom. The lowest BCUT2D eigenvalue weighted by Gasteiger charge is -2.11. The zero-order chi connectivity index (χ0) is 20.3. The number of nitrogens with one attached hydrogen (secondary N) is 1. The number of alkyl halides is 3. The molecule has 0 atom stereocenters. The van der Waals surface area contributed by atoms with Crippen LogP contribution in [0, 0.1) is 6.92 Å². The molecule has 0 radical (unpaired) electrons. The lowest BCUT2D eigenvalue weighted by Crippen LogP contribution is -2.05. The molecule has 0 saturated carbocycles. The van der Waals surface area contributed by atoms with Gasteiger partial charge in [0.05, 0.1) is 5.56 Å². The van der Waals surface area contributed by atoms with Gasteiger partial charge in [0.15, 0.2) is 0 Å². The highest BCUT2D eigenvalue weighted by atomic mass is 35.5. The number of aryl methyl sites for hydroxylation is 1. The van der Waals surface area contributed by atoms with E-state index < -0.39 is 17.5 Å². The fraction of sp³-hybridized carbons (Fsp3) is 0.105. The van der Waals surface area contributed by atoms with Gasteiger partial charge in [0.25, 0.3) is 0 Å². The summed E-state index contributed by atoms with van der Waals surface area (Å²) in [4.78, 5) is 4.89. The Bertz CT molecular complexity index is 962. The average molecular weight is 427 g/mol. The first-order valence-corrected chi connectivity index (χ1v) is 9.14. The molecule has 2 aromatic carbocycles. The van der Waals surface area contributed by atoms with Crippen LogP contribution in [0.15, 0.2) is 59.6 Å². The lowest BCUT2D eigenvalue weighted by atomic mass is 10.2. The first-order chi connectivity index (χ1) is 13.2. The van der Waals surface area contributed by atoms with Crippen LogP contribution in [0.5, 0.6) is 17.4 Å². The van der Waals surface area contributed by atoms with Crippen LogP contribution in [-0.2, 0) is 6.18 Å². The molecule has 1 aromatic heterocycles. The number of halogens is 4. The third-order valence-corrected chi connectivity index (χ3v) is 4.57. The van der Waals surface area contributed by atoms with E-state index in [-0.39, 0.29) is 0 Å². The molecular weight excluding hydrogens is 413 g/mol. The van der Waals surface area contributed by atoms with Crippen molar-refractivity contribution in [2.75, 3.05) is 4.72 Å². The number of rotatable bonds is 5. The van der Waals surface area contributed by atoms with Crippen molar-refractivity contribution in [1.29, 1.82) is 0 Å². The molecule has 9 heteroatoms. The summed E-state index contributed by atoms with van der Waals surface area (Å²) < 4.78 is 46.5. The van der Waals surface area contributed by atoms with Crippen LogP contribution in [0.1, 0.15) is 11.1 Å². The van der Waals surface area contributed by atoms with Crippen molar-refractivity contribution in [2.24, 2.45) is 0 Å². The van der Waals surface area contributed by atoms with Gasteiger partial charge in [0.1, 0.15) is 11.5 Å². The summed E-state index contributed by atoms with van der Waals surface area (Å²) in [5.74, 6) is 0.103. The summed E-state index contributed by atoms with van der Waals surface area (Å²) >= 11 is 7.13. The van der Waals surface area contributed by atoms with E-state index in [0.29, 0.717) is 27.2 Å². The molecule has 4 nitrogen and oxygen atoms in total. The Balaban J connectivity index is 1.62. The number of aromatic hydroxyl groups is 1. The first kappa shape index (κ1) is 20.2. The summed E-state index contributed by atoms with van der Waals surface area (Å²) in [7, 11) is 0. The van der Waals surface area contributed by atoms with Crippen LogP contribution in [0.2, 0.25) is 5.02 Å². The number of phenolic OH excluding ortho intramolecular Hbond substituents is 1. The zero-order valence-electron chi connectivity index (χ0n) is 14.4. The van der Waals surface area contributed by atoms with Crippen molar-refractivity contribution < 1.29 is 23.0 Å². The van der Waals surface area contributed by atoms with Crippen molar-refractivity contribution in [3.8, 4) is 17.4 Å². The number of anilines is 1. The smallest absolute Gasteiger partial charge is 0.419 e. The van der Waals surface area contributed by atoms with Gasteiger partial charge in [-0.25, -0.2) is 4.98 Å². The van der Waals surface area contributed by atoms with Crippen LogP contribution in [0.3, 0.4) is 0 Å². The number of aromatic nitrogens is 1. The SMILES string of the molecule is Cc1cc(Cl)cc(Oc2ccc(SNc3ccc(C(F)(F)F)c(O)c3)cn2)c1. The maximum atomic E-state index is 12.7. The average Bonchev–Trinajstić information content (AvgIpc) is 2.59. The number of hydrogen-bond donors (Lipinski definition) is 2. The quantitative estimate of drug-likeness (QED) is 0.446. The molecule has 0 aliphatic heterocycles. The monoisotopic (exact) mass is 426 g/mol. The van der Waals surface area contributed by atoms with Crippen molar-refractivity contribution in [3.05, 3.63) is 70.9 Å². The summed E-state index contributed by atoms with van der Waals surface area (Å²) in [5, 5.41) is 10.1. The Labute approximate surface area is 168 Å². The van der Waals surface area contributed by atoms with Crippen LogP contribution in [-0.4, -0.2) is 10.1 Å². The minimum atomic E-state index is -4.60. The fourth-order valence-electron chi connectivity index (χ4n) is 2.32. The molecule has 1 heterocycles. The highest BCUT2D eigenvalue weighted by Gasteiger charge is 2.33. The molecule has 0 aliphatic carbocycles. The van der Waals surface area contributed by atoms with Crippen molar-refractivity contribution in [1.82, 2.24) is 4.98 Å². The van der Waals surface area contributed by atoms with E-state index in [0.717, 1.165) is 29.6 Å². The number of nitrogens with zero attached hydrogens (tertiary/aromatic N) is 1. The van der Waals surface area contributed by atoms with E-state index in [4.69, 9.17) is 16.3 Å². The Morgan fingerprint density at radius 3 is 2.50 bits per heavy atom. The molecular formula is C19H14ClF3N2O2S. The second-order valence-electron chi connectivity index (χ2n) is 5.83. The summed E-state index contributed by atoms with van der Waals surface area (Å²) in [6.45, 7) is 1.90. The molecule has 3 rings (SSSR count). The number of phenols is 1. The van der Waals surface area contributed by atoms with Gasteiger partial charge in [-0.05, 0) is 60.8 Å². The van der Waals surface area contributed by atoms with Crippen molar-refractivity contribution in [3.63, 3.8) is 0 Å². The third kappa shape index (κ3) is 5.24. The van der Waals surface area contributed by atoms with Gasteiger partial charge in [0.2, 0.25) is 5.88 Å². The van der Waals surface area contributed by atoms with E-state index in [9.17, 15) is 18.3 Å². The van der Waals surface area contributed by atoms with Gasteiger partial charge in [-0.3, -0.25) is 0 Å². The summed E-state index contributed by atoms with van der Waals surface area (Å²) in [6.07, 6.45) is -3.05. The van der Waals surface area contributed by atoms with Crippen LogP contribution >= 0.6 is 23.5 Å². The van der Waals surface area contributed by atoms with Crippen LogP contribution in [0.4, 0.5) is 18.9 Å². The second kappa shape index (κ2) is 8.20. The second-order valence-corrected chi connectivity index (χ2v) is 7.15. The molecule has 146 valence electrons. The predicted molar refractivity (Wildman–Crippen MR) is 103 cm³/mol. The number of pyridine rings is 1. The highest BCUT2D eigenvalue weighted by Crippen LogP contribution is 2.37. The first-order valence-electron chi connectivity index (χ1n) is 7.95. The van der Waals surface area contributed by atoms with Gasteiger partial charge in [0, 0.05) is 33.9 Å². The molecule has 3 aromatic rings. The van der Waals surface area contributed by atoms with E-state index in [2.05, 4.69) is 9.71 Å². The molecule has 0 spiro atoms. The molecule has 0 saturated heterocycles. The van der Waals surface area contributed by atoms with Crippen LogP contribution < -0.4 is 9.46 Å². The normalized spacial score (nSPS) is 11.3. The van der Waals surface area contributed by atoms with Gasteiger partial charge < -0.3 is 14.6 Å². The van der Waals surface area contributed by atoms with E-state index in [1.165, 1.54) is 6.07 Å². The van der Waals surface area contributed by atoms with Crippen LogP contribution in [0.25, 0.3) is 0 Å². The highest BCUT2D eigenvalue weighted by molar-refractivity contribution is 8.00. The predicted octanol–water partition coefficient (Wildman–Crippen LogP) is 6.68. The maximum Gasteiger partial charge on any atom is 0.419 e. The van der Waals surface area contributed by atoms with Gasteiger partial charge in [-0.2, -0.15) is 13.2 Å². The zero-order valence-corrected chi connectivity index (χ0v) is 16.0. The number of hydrogen-bond acceptors (Lipinski definition) is 5. The maximum absolute atomic E-state index is 12.7. The molecule has 0 bridgehead atoms. The van der Waals surface area contributed by atoms with Crippen molar-refractivity contribution in [2.45, 2.75) is 18.0 Å². The van der Waals surface area contributed by atoms with Gasteiger partial charge in [-0.1, -0.05) is 11.6 Å². The minimum absolute atomic E-state index is 0.324. The topological polar surface area (TPSA) is 54.4 Å². The summed E-state index contributed by atoms with van der Waals surface area (Å²) in [6, 6.07) is 11.8. The minimum Gasteiger partial charge on any atom is -0.507 e.